The average molecular weight is 417 g/mol. The van der Waals surface area contributed by atoms with Crippen molar-refractivity contribution in [3.8, 4) is 0 Å². The van der Waals surface area contributed by atoms with Crippen LogP contribution < -0.4 is 5.32 Å². The number of carbonyl (C=O) groups is 1. The van der Waals surface area contributed by atoms with Crippen LogP contribution in [0, 0.1) is 11.7 Å². The standard InChI is InChI=1S/C27H29FN2O/c1-20(22-10-6-3-7-11-22)29-27(31)24-14-17-26(23-12-15-25(28)16-13-23)30(19-24)18-21-8-4-2-5-9-21/h2-13,15-16,20,24,26H,14,17-19H2,1H3,(H,29,31). The Labute approximate surface area is 183 Å². The van der Waals surface area contributed by atoms with E-state index in [0.29, 0.717) is 6.54 Å². The summed E-state index contributed by atoms with van der Waals surface area (Å²) in [6, 6.07) is 27.3. The highest BCUT2D eigenvalue weighted by Gasteiger charge is 2.33. The fourth-order valence-electron chi connectivity index (χ4n) is 4.47. The molecule has 1 heterocycles. The van der Waals surface area contributed by atoms with E-state index in [4.69, 9.17) is 0 Å². The van der Waals surface area contributed by atoms with Crippen LogP contribution in [0.1, 0.15) is 48.5 Å². The maximum absolute atomic E-state index is 13.5. The van der Waals surface area contributed by atoms with E-state index in [2.05, 4.69) is 22.3 Å². The maximum Gasteiger partial charge on any atom is 0.224 e. The van der Waals surface area contributed by atoms with E-state index in [-0.39, 0.29) is 29.7 Å². The monoisotopic (exact) mass is 416 g/mol. The van der Waals surface area contributed by atoms with Crippen LogP contribution in [0.4, 0.5) is 4.39 Å². The molecule has 0 bridgehead atoms. The molecule has 3 aromatic carbocycles. The van der Waals surface area contributed by atoms with Crippen molar-refractivity contribution in [1.82, 2.24) is 10.2 Å². The second kappa shape index (κ2) is 9.88. The molecule has 1 aliphatic rings. The molecule has 3 atom stereocenters. The van der Waals surface area contributed by atoms with Crippen molar-refractivity contribution in [2.75, 3.05) is 6.54 Å². The van der Waals surface area contributed by atoms with Crippen molar-refractivity contribution < 1.29 is 9.18 Å². The molecule has 160 valence electrons. The van der Waals surface area contributed by atoms with Crippen molar-refractivity contribution in [2.24, 2.45) is 5.92 Å². The fourth-order valence-corrected chi connectivity index (χ4v) is 4.47. The molecule has 0 spiro atoms. The summed E-state index contributed by atoms with van der Waals surface area (Å²) in [6.45, 7) is 3.48. The maximum atomic E-state index is 13.5. The number of nitrogens with zero attached hydrogens (tertiary/aromatic N) is 1. The lowest BCUT2D eigenvalue weighted by atomic mass is 9.87. The summed E-state index contributed by atoms with van der Waals surface area (Å²) in [4.78, 5) is 15.4. The molecule has 4 rings (SSSR count). The molecular weight excluding hydrogens is 387 g/mol. The normalized spacial score (nSPS) is 20.2. The number of amides is 1. The average Bonchev–Trinajstić information content (AvgIpc) is 2.81. The summed E-state index contributed by atoms with van der Waals surface area (Å²) >= 11 is 0. The molecule has 1 fully saturated rings. The number of rotatable bonds is 6. The Morgan fingerprint density at radius 2 is 1.61 bits per heavy atom. The Balaban J connectivity index is 1.49. The first-order chi connectivity index (χ1) is 15.1. The molecule has 0 aromatic heterocycles. The van der Waals surface area contributed by atoms with Gasteiger partial charge in [0, 0.05) is 19.1 Å². The molecule has 1 aliphatic heterocycles. The predicted molar refractivity (Wildman–Crippen MR) is 122 cm³/mol. The molecule has 1 saturated heterocycles. The van der Waals surface area contributed by atoms with Gasteiger partial charge in [-0.15, -0.1) is 0 Å². The van der Waals surface area contributed by atoms with Gasteiger partial charge in [0.25, 0.3) is 0 Å². The van der Waals surface area contributed by atoms with Gasteiger partial charge in [-0.25, -0.2) is 4.39 Å². The van der Waals surface area contributed by atoms with Gasteiger partial charge in [-0.05, 0) is 48.6 Å². The van der Waals surface area contributed by atoms with E-state index in [1.807, 2.05) is 67.6 Å². The highest BCUT2D eigenvalue weighted by Crippen LogP contribution is 2.35. The van der Waals surface area contributed by atoms with Crippen LogP contribution in [0.3, 0.4) is 0 Å². The topological polar surface area (TPSA) is 32.3 Å². The first kappa shape index (κ1) is 21.3. The molecule has 0 radical (unpaired) electrons. The minimum absolute atomic E-state index is 0.0221. The lowest BCUT2D eigenvalue weighted by Crippen LogP contribution is -2.44. The highest BCUT2D eigenvalue weighted by atomic mass is 19.1. The zero-order chi connectivity index (χ0) is 21.6. The number of carbonyl (C=O) groups excluding carboxylic acids is 1. The number of hydrogen-bond donors (Lipinski definition) is 1. The van der Waals surface area contributed by atoms with Crippen LogP contribution in [0.25, 0.3) is 0 Å². The molecule has 4 heteroatoms. The molecule has 0 saturated carbocycles. The minimum atomic E-state index is -0.221. The third-order valence-electron chi connectivity index (χ3n) is 6.20. The van der Waals surface area contributed by atoms with Crippen molar-refractivity contribution in [3.05, 3.63) is 107 Å². The van der Waals surface area contributed by atoms with Gasteiger partial charge in [0.15, 0.2) is 0 Å². The first-order valence-corrected chi connectivity index (χ1v) is 11.0. The summed E-state index contributed by atoms with van der Waals surface area (Å²) in [5.74, 6) is -0.181. The third-order valence-corrected chi connectivity index (χ3v) is 6.20. The molecule has 3 unspecified atom stereocenters. The van der Waals surface area contributed by atoms with E-state index >= 15 is 0 Å². The molecule has 1 N–H and O–H groups in total. The van der Waals surface area contributed by atoms with Gasteiger partial charge in [0.2, 0.25) is 5.91 Å². The largest absolute Gasteiger partial charge is 0.349 e. The van der Waals surface area contributed by atoms with E-state index in [9.17, 15) is 9.18 Å². The zero-order valence-electron chi connectivity index (χ0n) is 17.9. The summed E-state index contributed by atoms with van der Waals surface area (Å²) in [6.07, 6.45) is 1.69. The Hall–Kier alpha value is -2.98. The van der Waals surface area contributed by atoms with Gasteiger partial charge in [-0.1, -0.05) is 72.8 Å². The van der Waals surface area contributed by atoms with E-state index in [1.54, 1.807) is 0 Å². The number of likely N-dealkylation sites (tertiary alicyclic amines) is 1. The Morgan fingerprint density at radius 1 is 0.968 bits per heavy atom. The van der Waals surface area contributed by atoms with Crippen LogP contribution in [0.5, 0.6) is 0 Å². The highest BCUT2D eigenvalue weighted by molar-refractivity contribution is 5.79. The van der Waals surface area contributed by atoms with Crippen LogP contribution in [-0.2, 0) is 11.3 Å². The van der Waals surface area contributed by atoms with E-state index < -0.39 is 0 Å². The van der Waals surface area contributed by atoms with Gasteiger partial charge in [-0.2, -0.15) is 0 Å². The van der Waals surface area contributed by atoms with E-state index in [1.165, 1.54) is 17.7 Å². The number of halogens is 1. The number of piperidine rings is 1. The first-order valence-electron chi connectivity index (χ1n) is 11.0. The smallest absolute Gasteiger partial charge is 0.224 e. The number of nitrogens with one attached hydrogen (secondary N) is 1. The van der Waals surface area contributed by atoms with Crippen molar-refractivity contribution >= 4 is 5.91 Å². The number of benzene rings is 3. The second-order valence-corrected chi connectivity index (χ2v) is 8.40. The molecule has 0 aliphatic carbocycles. The van der Waals surface area contributed by atoms with Crippen LogP contribution in [-0.4, -0.2) is 17.4 Å². The quantitative estimate of drug-likeness (QED) is 0.563. The lowest BCUT2D eigenvalue weighted by Gasteiger charge is -2.40. The van der Waals surface area contributed by atoms with Gasteiger partial charge in [-0.3, -0.25) is 9.69 Å². The Kier molecular flexibility index (Phi) is 6.78. The van der Waals surface area contributed by atoms with Crippen LogP contribution in [0.2, 0.25) is 0 Å². The summed E-state index contributed by atoms with van der Waals surface area (Å²) < 4.78 is 13.5. The van der Waals surface area contributed by atoms with Crippen molar-refractivity contribution in [3.63, 3.8) is 0 Å². The van der Waals surface area contributed by atoms with Gasteiger partial charge in [0.05, 0.1) is 12.0 Å². The summed E-state index contributed by atoms with van der Waals surface area (Å²) in [7, 11) is 0. The molecule has 31 heavy (non-hydrogen) atoms. The summed E-state index contributed by atoms with van der Waals surface area (Å²) in [5.41, 5.74) is 3.43. The molecule has 1 amide bonds. The lowest BCUT2D eigenvalue weighted by molar-refractivity contribution is -0.128. The summed E-state index contributed by atoms with van der Waals surface area (Å²) in [5, 5.41) is 3.20. The second-order valence-electron chi connectivity index (χ2n) is 8.40. The van der Waals surface area contributed by atoms with Crippen molar-refractivity contribution in [1.29, 1.82) is 0 Å². The van der Waals surface area contributed by atoms with Gasteiger partial charge >= 0.3 is 0 Å². The van der Waals surface area contributed by atoms with Gasteiger partial charge < -0.3 is 5.32 Å². The van der Waals surface area contributed by atoms with Crippen LogP contribution in [0.15, 0.2) is 84.9 Å². The predicted octanol–water partition coefficient (Wildman–Crippen LogP) is 5.66. The van der Waals surface area contributed by atoms with Crippen molar-refractivity contribution in [2.45, 2.75) is 38.4 Å². The zero-order valence-corrected chi connectivity index (χ0v) is 17.9. The fraction of sp³-hybridized carbons (Fsp3) is 0.296. The Bertz CT molecular complexity index is 975. The molecule has 3 nitrogen and oxygen atoms in total. The SMILES string of the molecule is CC(NC(=O)C1CCC(c2ccc(F)cc2)N(Cc2ccccc2)C1)c1ccccc1. The molecular formula is C27H29FN2O. The van der Waals surface area contributed by atoms with Gasteiger partial charge in [0.1, 0.15) is 5.82 Å². The Morgan fingerprint density at radius 3 is 2.29 bits per heavy atom. The minimum Gasteiger partial charge on any atom is -0.349 e. The number of hydrogen-bond acceptors (Lipinski definition) is 2. The van der Waals surface area contributed by atoms with Crippen LogP contribution >= 0.6 is 0 Å². The van der Waals surface area contributed by atoms with E-state index in [0.717, 1.165) is 30.5 Å². The molecule has 3 aromatic rings. The third kappa shape index (κ3) is 5.39.